The van der Waals surface area contributed by atoms with Crippen molar-refractivity contribution in [3.63, 3.8) is 0 Å². The quantitative estimate of drug-likeness (QED) is 0.801. The highest BCUT2D eigenvalue weighted by Gasteiger charge is 2.27. The summed E-state index contributed by atoms with van der Waals surface area (Å²) >= 11 is 3.92. The van der Waals surface area contributed by atoms with E-state index < -0.39 is 0 Å². The molecule has 5 heteroatoms. The zero-order valence-corrected chi connectivity index (χ0v) is 9.94. The number of aromatic hydroxyl groups is 1. The van der Waals surface area contributed by atoms with Crippen LogP contribution in [0.15, 0.2) is 6.20 Å². The van der Waals surface area contributed by atoms with Crippen molar-refractivity contribution in [2.75, 3.05) is 11.5 Å². The van der Waals surface area contributed by atoms with Crippen LogP contribution in [-0.4, -0.2) is 31.4 Å². The van der Waals surface area contributed by atoms with Crippen molar-refractivity contribution >= 4 is 23.5 Å². The maximum absolute atomic E-state index is 9.30. The Morgan fingerprint density at radius 3 is 2.79 bits per heavy atom. The van der Waals surface area contributed by atoms with Gasteiger partial charge in [-0.25, -0.2) is 0 Å². The van der Waals surface area contributed by atoms with Gasteiger partial charge in [0.1, 0.15) is 5.82 Å². The third kappa shape index (κ3) is 1.88. The predicted molar refractivity (Wildman–Crippen MR) is 62.0 cm³/mol. The molecule has 0 aromatic carbocycles. The van der Waals surface area contributed by atoms with Crippen LogP contribution in [0.2, 0.25) is 0 Å². The third-order valence-electron chi connectivity index (χ3n) is 2.34. The largest absolute Gasteiger partial charge is 0.492 e. The highest BCUT2D eigenvalue weighted by molar-refractivity contribution is 8.06. The summed E-state index contributed by atoms with van der Waals surface area (Å²) in [6, 6.07) is 0. The van der Waals surface area contributed by atoms with Crippen molar-refractivity contribution in [2.45, 2.75) is 17.4 Å². The summed E-state index contributed by atoms with van der Waals surface area (Å²) in [5, 5.41) is 10.3. The van der Waals surface area contributed by atoms with Gasteiger partial charge in [-0.15, -0.1) is 11.8 Å². The SMILES string of the molecule is CC1SCCSC1c1nc(O)cn1C. The lowest BCUT2D eigenvalue weighted by molar-refractivity contribution is 0.455. The van der Waals surface area contributed by atoms with Gasteiger partial charge in [0.15, 0.2) is 0 Å². The summed E-state index contributed by atoms with van der Waals surface area (Å²) in [6.07, 6.45) is 1.67. The zero-order chi connectivity index (χ0) is 10.1. The topological polar surface area (TPSA) is 38.1 Å². The van der Waals surface area contributed by atoms with Crippen LogP contribution in [-0.2, 0) is 7.05 Å². The van der Waals surface area contributed by atoms with Crippen molar-refractivity contribution in [2.24, 2.45) is 7.05 Å². The second-order valence-corrected chi connectivity index (χ2v) is 6.17. The van der Waals surface area contributed by atoms with Gasteiger partial charge in [0.05, 0.1) is 11.4 Å². The fourth-order valence-corrected chi connectivity index (χ4v) is 4.45. The van der Waals surface area contributed by atoms with Crippen LogP contribution in [0.5, 0.6) is 5.88 Å². The van der Waals surface area contributed by atoms with Crippen molar-refractivity contribution < 1.29 is 5.11 Å². The van der Waals surface area contributed by atoms with Gasteiger partial charge in [-0.1, -0.05) is 6.92 Å². The number of thioether (sulfide) groups is 2. The van der Waals surface area contributed by atoms with Gasteiger partial charge >= 0.3 is 0 Å². The Hall–Kier alpha value is -0.290. The summed E-state index contributed by atoms with van der Waals surface area (Å²) < 4.78 is 1.93. The predicted octanol–water partition coefficient (Wildman–Crippen LogP) is 2.04. The minimum atomic E-state index is 0.130. The molecule has 14 heavy (non-hydrogen) atoms. The van der Waals surface area contributed by atoms with Crippen LogP contribution in [0.25, 0.3) is 0 Å². The summed E-state index contributed by atoms with van der Waals surface area (Å²) in [6.45, 7) is 2.23. The first-order chi connectivity index (χ1) is 6.68. The maximum Gasteiger partial charge on any atom is 0.229 e. The van der Waals surface area contributed by atoms with Crippen LogP contribution in [0.1, 0.15) is 18.0 Å². The first-order valence-electron chi connectivity index (χ1n) is 4.64. The number of rotatable bonds is 1. The first-order valence-corrected chi connectivity index (χ1v) is 6.73. The zero-order valence-electron chi connectivity index (χ0n) is 8.30. The summed E-state index contributed by atoms with van der Waals surface area (Å²) in [5.74, 6) is 3.52. The number of hydrogen-bond acceptors (Lipinski definition) is 4. The smallest absolute Gasteiger partial charge is 0.229 e. The van der Waals surface area contributed by atoms with Crippen LogP contribution >= 0.6 is 23.5 Å². The molecule has 0 saturated carbocycles. The highest BCUT2D eigenvalue weighted by Crippen LogP contribution is 2.41. The lowest BCUT2D eigenvalue weighted by Crippen LogP contribution is -2.18. The monoisotopic (exact) mass is 230 g/mol. The van der Waals surface area contributed by atoms with E-state index >= 15 is 0 Å². The molecule has 0 aliphatic carbocycles. The average Bonchev–Trinajstić information content (AvgIpc) is 2.46. The van der Waals surface area contributed by atoms with Gasteiger partial charge in [-0.3, -0.25) is 0 Å². The molecule has 1 saturated heterocycles. The molecule has 2 heterocycles. The first kappa shape index (κ1) is 10.2. The van der Waals surface area contributed by atoms with E-state index in [9.17, 15) is 5.11 Å². The highest BCUT2D eigenvalue weighted by atomic mass is 32.2. The third-order valence-corrected chi connectivity index (χ3v) is 5.43. The van der Waals surface area contributed by atoms with Crippen molar-refractivity contribution in [1.29, 1.82) is 0 Å². The molecule has 78 valence electrons. The van der Waals surface area contributed by atoms with Crippen molar-refractivity contribution in [3.8, 4) is 5.88 Å². The average molecular weight is 230 g/mol. The van der Waals surface area contributed by atoms with Crippen molar-refractivity contribution in [1.82, 2.24) is 9.55 Å². The van der Waals surface area contributed by atoms with E-state index in [4.69, 9.17) is 0 Å². The van der Waals surface area contributed by atoms with E-state index in [2.05, 4.69) is 11.9 Å². The minimum Gasteiger partial charge on any atom is -0.492 e. The van der Waals surface area contributed by atoms with Gasteiger partial charge in [-0.05, 0) is 0 Å². The Balaban J connectivity index is 2.24. The Labute approximate surface area is 92.3 Å². The summed E-state index contributed by atoms with van der Waals surface area (Å²) in [7, 11) is 1.94. The number of hydrogen-bond donors (Lipinski definition) is 1. The molecular weight excluding hydrogens is 216 g/mol. The summed E-state index contributed by atoms with van der Waals surface area (Å²) in [4.78, 5) is 4.17. The number of aryl methyl sites for hydroxylation is 1. The van der Waals surface area contributed by atoms with Gasteiger partial charge in [0.25, 0.3) is 0 Å². The molecule has 3 nitrogen and oxygen atoms in total. The fraction of sp³-hybridized carbons (Fsp3) is 0.667. The molecule has 1 aliphatic rings. The number of aromatic nitrogens is 2. The van der Waals surface area contributed by atoms with Crippen LogP contribution in [0.4, 0.5) is 0 Å². The van der Waals surface area contributed by atoms with E-state index in [-0.39, 0.29) is 5.88 Å². The minimum absolute atomic E-state index is 0.130. The molecular formula is C9H14N2OS2. The molecule has 1 aliphatic heterocycles. The Morgan fingerprint density at radius 1 is 1.50 bits per heavy atom. The standard InChI is InChI=1S/C9H14N2OS2/c1-6-8(14-4-3-13-6)9-10-7(12)5-11(9)2/h5-6,8,12H,3-4H2,1-2H3. The Bertz CT molecular complexity index is 327. The molecule has 2 unspecified atom stereocenters. The molecule has 1 N–H and O–H groups in total. The van der Waals surface area contributed by atoms with Gasteiger partial charge in [0.2, 0.25) is 5.88 Å². The van der Waals surface area contributed by atoms with E-state index in [1.165, 1.54) is 11.5 Å². The fourth-order valence-electron chi connectivity index (χ4n) is 1.65. The van der Waals surface area contributed by atoms with Gasteiger partial charge in [0, 0.05) is 23.8 Å². The molecule has 2 atom stereocenters. The molecule has 1 aromatic heterocycles. The maximum atomic E-state index is 9.30. The lowest BCUT2D eigenvalue weighted by Gasteiger charge is -2.27. The Morgan fingerprint density at radius 2 is 2.21 bits per heavy atom. The normalized spacial score (nSPS) is 27.9. The second-order valence-electron chi connectivity index (χ2n) is 3.44. The van der Waals surface area contributed by atoms with Crippen LogP contribution in [0.3, 0.4) is 0 Å². The van der Waals surface area contributed by atoms with E-state index in [0.717, 1.165) is 5.82 Å². The van der Waals surface area contributed by atoms with E-state index in [0.29, 0.717) is 10.5 Å². The van der Waals surface area contributed by atoms with Crippen LogP contribution in [0, 0.1) is 0 Å². The molecule has 0 bridgehead atoms. The van der Waals surface area contributed by atoms with Crippen LogP contribution < -0.4 is 0 Å². The molecule has 2 rings (SSSR count). The number of nitrogens with zero attached hydrogens (tertiary/aromatic N) is 2. The van der Waals surface area contributed by atoms with Gasteiger partial charge in [-0.2, -0.15) is 16.7 Å². The van der Waals surface area contributed by atoms with Crippen molar-refractivity contribution in [3.05, 3.63) is 12.0 Å². The molecule has 0 spiro atoms. The molecule has 0 radical (unpaired) electrons. The lowest BCUT2D eigenvalue weighted by atomic mass is 10.3. The second kappa shape index (κ2) is 4.06. The molecule has 1 aromatic rings. The molecule has 1 fully saturated rings. The Kier molecular flexibility index (Phi) is 2.97. The van der Waals surface area contributed by atoms with Gasteiger partial charge < -0.3 is 9.67 Å². The summed E-state index contributed by atoms with van der Waals surface area (Å²) in [5.41, 5.74) is 0. The van der Waals surface area contributed by atoms with E-state index in [1.807, 2.05) is 35.1 Å². The molecule has 0 amide bonds. The number of imidazole rings is 1. The van der Waals surface area contributed by atoms with E-state index in [1.54, 1.807) is 6.20 Å².